The summed E-state index contributed by atoms with van der Waals surface area (Å²) < 4.78 is 19.8. The molecule has 0 radical (unpaired) electrons. The SMILES string of the molecule is Fc1cc(Cl)c2nc(CN3CC4CCC(C3)N4CCOC3CCCCC3)[nH]c2c1. The molecule has 1 aromatic heterocycles. The first kappa shape index (κ1) is 19.7. The summed E-state index contributed by atoms with van der Waals surface area (Å²) in [6, 6.07) is 4.00. The summed E-state index contributed by atoms with van der Waals surface area (Å²) in [6.07, 6.45) is 9.54. The van der Waals surface area contributed by atoms with Gasteiger partial charge < -0.3 is 9.72 Å². The molecule has 7 heteroatoms. The van der Waals surface area contributed by atoms with Gasteiger partial charge in [0.15, 0.2) is 0 Å². The van der Waals surface area contributed by atoms with Gasteiger partial charge in [0.2, 0.25) is 0 Å². The minimum Gasteiger partial charge on any atom is -0.377 e. The second kappa shape index (κ2) is 8.50. The molecule has 2 unspecified atom stereocenters. The Bertz CT molecular complexity index is 839. The number of hydrogen-bond acceptors (Lipinski definition) is 4. The molecule has 1 aliphatic carbocycles. The van der Waals surface area contributed by atoms with Crippen LogP contribution < -0.4 is 0 Å². The third-order valence-corrected chi connectivity index (χ3v) is 7.18. The lowest BCUT2D eigenvalue weighted by Gasteiger charge is -2.41. The van der Waals surface area contributed by atoms with Crippen LogP contribution in [0.15, 0.2) is 12.1 Å². The minimum absolute atomic E-state index is 0.334. The Kier molecular flexibility index (Phi) is 5.78. The molecule has 2 aromatic rings. The molecule has 1 saturated carbocycles. The Morgan fingerprint density at radius 3 is 2.62 bits per heavy atom. The highest BCUT2D eigenvalue weighted by atomic mass is 35.5. The summed E-state index contributed by atoms with van der Waals surface area (Å²) in [5.41, 5.74) is 1.33. The van der Waals surface area contributed by atoms with Crippen LogP contribution in [-0.4, -0.2) is 64.2 Å². The molecule has 5 nitrogen and oxygen atoms in total. The number of H-pyrrole nitrogens is 1. The van der Waals surface area contributed by atoms with E-state index in [-0.39, 0.29) is 5.82 Å². The van der Waals surface area contributed by atoms with E-state index in [1.54, 1.807) is 0 Å². The molecule has 3 heterocycles. The Hall–Kier alpha value is -1.21. The predicted octanol–water partition coefficient (Wildman–Crippen LogP) is 4.35. The van der Waals surface area contributed by atoms with Gasteiger partial charge in [0.1, 0.15) is 17.2 Å². The second-order valence-corrected chi connectivity index (χ2v) is 9.32. The van der Waals surface area contributed by atoms with Crippen molar-refractivity contribution < 1.29 is 9.13 Å². The van der Waals surface area contributed by atoms with Crippen LogP contribution in [0.2, 0.25) is 5.02 Å². The van der Waals surface area contributed by atoms with Crippen LogP contribution in [0, 0.1) is 5.82 Å². The maximum atomic E-state index is 13.6. The average Bonchev–Trinajstić information content (AvgIpc) is 3.20. The molecule has 3 fully saturated rings. The van der Waals surface area contributed by atoms with Gasteiger partial charge in [-0.2, -0.15) is 0 Å². The van der Waals surface area contributed by atoms with Gasteiger partial charge in [-0.3, -0.25) is 9.80 Å². The van der Waals surface area contributed by atoms with E-state index < -0.39 is 0 Å². The van der Waals surface area contributed by atoms with Crippen molar-refractivity contribution in [3.8, 4) is 0 Å². The van der Waals surface area contributed by atoms with Crippen molar-refractivity contribution in [1.29, 1.82) is 0 Å². The zero-order valence-corrected chi connectivity index (χ0v) is 17.6. The number of benzene rings is 1. The fourth-order valence-corrected chi connectivity index (χ4v) is 5.76. The first-order chi connectivity index (χ1) is 14.2. The number of imidazole rings is 1. The highest BCUT2D eigenvalue weighted by molar-refractivity contribution is 6.34. The molecule has 0 spiro atoms. The predicted molar refractivity (Wildman–Crippen MR) is 113 cm³/mol. The van der Waals surface area contributed by atoms with E-state index >= 15 is 0 Å². The summed E-state index contributed by atoms with van der Waals surface area (Å²) in [7, 11) is 0. The first-order valence-corrected chi connectivity index (χ1v) is 11.5. The molecule has 2 aliphatic heterocycles. The van der Waals surface area contributed by atoms with Crippen molar-refractivity contribution in [3.63, 3.8) is 0 Å². The number of aromatic nitrogens is 2. The van der Waals surface area contributed by atoms with Crippen molar-refractivity contribution in [2.24, 2.45) is 0 Å². The van der Waals surface area contributed by atoms with E-state index in [0.29, 0.717) is 34.2 Å². The molecule has 1 aromatic carbocycles. The molecule has 2 atom stereocenters. The van der Waals surface area contributed by atoms with Crippen molar-refractivity contribution in [1.82, 2.24) is 19.8 Å². The number of nitrogens with one attached hydrogen (secondary N) is 1. The van der Waals surface area contributed by atoms with Gasteiger partial charge in [-0.25, -0.2) is 9.37 Å². The van der Waals surface area contributed by atoms with E-state index in [0.717, 1.165) is 38.6 Å². The number of nitrogens with zero attached hydrogens (tertiary/aromatic N) is 3. The first-order valence-electron chi connectivity index (χ1n) is 11.1. The monoisotopic (exact) mass is 420 g/mol. The van der Waals surface area contributed by atoms with Crippen molar-refractivity contribution in [3.05, 3.63) is 28.8 Å². The van der Waals surface area contributed by atoms with Crippen LogP contribution in [0.1, 0.15) is 50.8 Å². The number of rotatable bonds is 6. The molecule has 5 rings (SSSR count). The summed E-state index contributed by atoms with van der Waals surface area (Å²) in [5, 5.41) is 0.366. The fourth-order valence-electron chi connectivity index (χ4n) is 5.51. The number of fused-ring (bicyclic) bond motifs is 3. The average molecular weight is 421 g/mol. The second-order valence-electron chi connectivity index (χ2n) is 8.91. The number of ether oxygens (including phenoxy) is 1. The number of hydrogen-bond donors (Lipinski definition) is 1. The molecule has 29 heavy (non-hydrogen) atoms. The molecule has 0 amide bonds. The summed E-state index contributed by atoms with van der Waals surface area (Å²) in [6.45, 7) is 4.79. The van der Waals surface area contributed by atoms with Gasteiger partial charge >= 0.3 is 0 Å². The highest BCUT2D eigenvalue weighted by Gasteiger charge is 2.39. The van der Waals surface area contributed by atoms with E-state index in [1.807, 2.05) is 0 Å². The molecule has 2 saturated heterocycles. The topological polar surface area (TPSA) is 44.4 Å². The van der Waals surface area contributed by atoms with Gasteiger partial charge in [0.25, 0.3) is 0 Å². The van der Waals surface area contributed by atoms with Crippen LogP contribution in [-0.2, 0) is 11.3 Å². The molecule has 3 aliphatic rings. The molecular weight excluding hydrogens is 391 g/mol. The normalized spacial score (nSPS) is 26.6. The Morgan fingerprint density at radius 2 is 1.86 bits per heavy atom. The molecular formula is C22H30ClFN4O. The van der Waals surface area contributed by atoms with Crippen LogP contribution >= 0.6 is 11.6 Å². The lowest BCUT2D eigenvalue weighted by molar-refractivity contribution is -0.00804. The Balaban J connectivity index is 1.16. The number of aromatic amines is 1. The molecule has 1 N–H and O–H groups in total. The van der Waals surface area contributed by atoms with Gasteiger partial charge in [0.05, 0.1) is 29.8 Å². The van der Waals surface area contributed by atoms with Gasteiger partial charge in [0, 0.05) is 31.7 Å². The van der Waals surface area contributed by atoms with Gasteiger partial charge in [-0.05, 0) is 37.8 Å². The lowest BCUT2D eigenvalue weighted by Crippen LogP contribution is -2.54. The summed E-state index contributed by atoms with van der Waals surface area (Å²) >= 11 is 6.14. The summed E-state index contributed by atoms with van der Waals surface area (Å²) in [5.74, 6) is 0.529. The van der Waals surface area contributed by atoms with Crippen LogP contribution in [0.3, 0.4) is 0 Å². The third-order valence-electron chi connectivity index (χ3n) is 6.89. The molecule has 158 valence electrons. The Morgan fingerprint density at radius 1 is 1.10 bits per heavy atom. The van der Waals surface area contributed by atoms with Crippen LogP contribution in [0.5, 0.6) is 0 Å². The summed E-state index contributed by atoms with van der Waals surface area (Å²) in [4.78, 5) is 13.0. The van der Waals surface area contributed by atoms with E-state index in [2.05, 4.69) is 19.8 Å². The smallest absolute Gasteiger partial charge is 0.126 e. The minimum atomic E-state index is -0.334. The number of likely N-dealkylation sites (tertiary alicyclic amines) is 1. The van der Waals surface area contributed by atoms with E-state index in [9.17, 15) is 4.39 Å². The van der Waals surface area contributed by atoms with E-state index in [4.69, 9.17) is 16.3 Å². The van der Waals surface area contributed by atoms with Crippen molar-refractivity contribution >= 4 is 22.6 Å². The van der Waals surface area contributed by atoms with Gasteiger partial charge in [-0.1, -0.05) is 30.9 Å². The van der Waals surface area contributed by atoms with Crippen molar-refractivity contribution in [2.75, 3.05) is 26.2 Å². The van der Waals surface area contributed by atoms with Crippen LogP contribution in [0.25, 0.3) is 11.0 Å². The largest absolute Gasteiger partial charge is 0.377 e. The zero-order valence-electron chi connectivity index (χ0n) is 16.9. The van der Waals surface area contributed by atoms with Crippen LogP contribution in [0.4, 0.5) is 4.39 Å². The maximum Gasteiger partial charge on any atom is 0.126 e. The maximum absolute atomic E-state index is 13.6. The number of halogens is 2. The fraction of sp³-hybridized carbons (Fsp3) is 0.682. The zero-order chi connectivity index (χ0) is 19.8. The Labute approximate surface area is 176 Å². The van der Waals surface area contributed by atoms with Gasteiger partial charge in [-0.15, -0.1) is 0 Å². The number of piperazine rings is 1. The van der Waals surface area contributed by atoms with Crippen molar-refractivity contribution in [2.45, 2.75) is 69.7 Å². The molecule has 2 bridgehead atoms. The van der Waals surface area contributed by atoms with E-state index in [1.165, 1.54) is 57.1 Å². The quantitative estimate of drug-likeness (QED) is 0.754. The lowest BCUT2D eigenvalue weighted by atomic mass is 9.98. The standard InChI is InChI=1S/C22H30ClFN4O/c23-19-10-15(24)11-20-22(19)26-21(25-20)14-27-12-16-6-7-17(13-27)28(16)8-9-29-18-4-2-1-3-5-18/h10-11,16-18H,1-9,12-14H2,(H,25,26). The third kappa shape index (κ3) is 4.31. The highest BCUT2D eigenvalue weighted by Crippen LogP contribution is 2.31.